The van der Waals surface area contributed by atoms with E-state index in [1.165, 1.54) is 11.1 Å². The molecule has 3 heteroatoms. The molecule has 108 valence electrons. The van der Waals surface area contributed by atoms with Crippen molar-refractivity contribution < 1.29 is 9.53 Å². The Morgan fingerprint density at radius 1 is 1.14 bits per heavy atom. The van der Waals surface area contributed by atoms with E-state index in [4.69, 9.17) is 4.74 Å². The molecule has 1 unspecified atom stereocenters. The summed E-state index contributed by atoms with van der Waals surface area (Å²) < 4.78 is 7.04. The second kappa shape index (κ2) is 6.71. The molecular formula is C18H17IO2. The second-order valence-corrected chi connectivity index (χ2v) is 6.57. The number of Topliss-reactive ketones (excluding diaryl/α,β-unsaturated/α-hetero) is 1. The molecule has 21 heavy (non-hydrogen) atoms. The highest BCUT2D eigenvalue weighted by Gasteiger charge is 2.21. The minimum Gasteiger partial charge on any atom is -0.365 e. The number of hydrogen-bond donors (Lipinski definition) is 0. The fourth-order valence-electron chi connectivity index (χ4n) is 2.78. The summed E-state index contributed by atoms with van der Waals surface area (Å²) in [7, 11) is 0. The molecule has 2 aromatic rings. The van der Waals surface area contributed by atoms with E-state index in [-0.39, 0.29) is 18.5 Å². The molecule has 0 heterocycles. The summed E-state index contributed by atoms with van der Waals surface area (Å²) in [6.07, 6.45) is 3.29. The molecule has 0 saturated heterocycles. The van der Waals surface area contributed by atoms with Gasteiger partial charge < -0.3 is 4.74 Å². The number of carbonyl (C=O) groups is 1. The van der Waals surface area contributed by atoms with Crippen LogP contribution in [-0.4, -0.2) is 12.4 Å². The summed E-state index contributed by atoms with van der Waals surface area (Å²) in [5.41, 5.74) is 3.33. The highest BCUT2D eigenvalue weighted by molar-refractivity contribution is 14.1. The summed E-state index contributed by atoms with van der Waals surface area (Å²) in [5, 5.41) is 0. The Hall–Kier alpha value is -1.20. The number of carbonyl (C=O) groups excluding carboxylic acids is 1. The van der Waals surface area contributed by atoms with Crippen molar-refractivity contribution in [2.45, 2.75) is 25.4 Å². The highest BCUT2D eigenvalue weighted by Crippen LogP contribution is 2.32. The normalized spacial score (nSPS) is 17.3. The van der Waals surface area contributed by atoms with Crippen molar-refractivity contribution in [1.29, 1.82) is 0 Å². The third kappa shape index (κ3) is 3.52. The van der Waals surface area contributed by atoms with Crippen LogP contribution in [0.5, 0.6) is 0 Å². The molecule has 0 N–H and O–H groups in total. The van der Waals surface area contributed by atoms with Gasteiger partial charge in [-0.05, 0) is 65.1 Å². The van der Waals surface area contributed by atoms with E-state index in [0.29, 0.717) is 0 Å². The van der Waals surface area contributed by atoms with E-state index >= 15 is 0 Å². The second-order valence-electron chi connectivity index (χ2n) is 5.32. The predicted molar refractivity (Wildman–Crippen MR) is 91.6 cm³/mol. The van der Waals surface area contributed by atoms with Gasteiger partial charge in [0.05, 0.1) is 6.10 Å². The Labute approximate surface area is 138 Å². The van der Waals surface area contributed by atoms with Gasteiger partial charge in [0.15, 0.2) is 5.78 Å². The monoisotopic (exact) mass is 392 g/mol. The molecule has 0 radical (unpaired) electrons. The van der Waals surface area contributed by atoms with E-state index in [1.54, 1.807) is 0 Å². The molecular weight excluding hydrogens is 375 g/mol. The Kier molecular flexibility index (Phi) is 4.70. The van der Waals surface area contributed by atoms with E-state index in [0.717, 1.165) is 28.4 Å². The largest absolute Gasteiger partial charge is 0.365 e. The van der Waals surface area contributed by atoms with Gasteiger partial charge in [-0.15, -0.1) is 0 Å². The number of aryl methyl sites for hydroxylation is 1. The van der Waals surface area contributed by atoms with Crippen LogP contribution in [-0.2, 0) is 11.2 Å². The molecule has 1 aliphatic carbocycles. The Balaban J connectivity index is 1.66. The summed E-state index contributed by atoms with van der Waals surface area (Å²) >= 11 is 2.23. The first-order chi connectivity index (χ1) is 10.2. The molecule has 2 nitrogen and oxygen atoms in total. The molecule has 0 aromatic heterocycles. The van der Waals surface area contributed by atoms with Crippen LogP contribution < -0.4 is 0 Å². The fourth-order valence-corrected chi connectivity index (χ4v) is 3.14. The first-order valence-corrected chi connectivity index (χ1v) is 8.30. The van der Waals surface area contributed by atoms with E-state index < -0.39 is 0 Å². The Bertz CT molecular complexity index is 634. The lowest BCUT2D eigenvalue weighted by molar-refractivity contribution is 0.0372. The number of benzene rings is 2. The van der Waals surface area contributed by atoms with Crippen LogP contribution in [0.15, 0.2) is 48.5 Å². The van der Waals surface area contributed by atoms with E-state index in [9.17, 15) is 4.79 Å². The summed E-state index contributed by atoms with van der Waals surface area (Å²) in [6, 6.07) is 16.0. The van der Waals surface area contributed by atoms with Crippen LogP contribution in [0.4, 0.5) is 0 Å². The van der Waals surface area contributed by atoms with Gasteiger partial charge in [-0.3, -0.25) is 4.79 Å². The number of ether oxygens (including phenoxy) is 1. The summed E-state index contributed by atoms with van der Waals surface area (Å²) in [4.78, 5) is 12.2. The quantitative estimate of drug-likeness (QED) is 0.563. The zero-order valence-electron chi connectivity index (χ0n) is 11.7. The van der Waals surface area contributed by atoms with Crippen LogP contribution >= 0.6 is 22.6 Å². The van der Waals surface area contributed by atoms with Gasteiger partial charge in [-0.25, -0.2) is 0 Å². The molecule has 2 aromatic carbocycles. The maximum Gasteiger partial charge on any atom is 0.188 e. The van der Waals surface area contributed by atoms with Gasteiger partial charge in [0.2, 0.25) is 0 Å². The molecule has 3 rings (SSSR count). The molecule has 0 spiro atoms. The summed E-state index contributed by atoms with van der Waals surface area (Å²) in [5.74, 6) is 0.0504. The van der Waals surface area contributed by atoms with Gasteiger partial charge >= 0.3 is 0 Å². The van der Waals surface area contributed by atoms with Crippen molar-refractivity contribution in [1.82, 2.24) is 0 Å². The Morgan fingerprint density at radius 3 is 2.71 bits per heavy atom. The summed E-state index contributed by atoms with van der Waals surface area (Å²) in [6.45, 7) is 0.152. The highest BCUT2D eigenvalue weighted by atomic mass is 127. The van der Waals surface area contributed by atoms with E-state index in [1.807, 2.05) is 30.3 Å². The number of fused-ring (bicyclic) bond motifs is 1. The predicted octanol–water partition coefficient (Wildman–Crippen LogP) is 4.57. The van der Waals surface area contributed by atoms with Crippen LogP contribution in [0.25, 0.3) is 0 Å². The number of rotatable bonds is 4. The average Bonchev–Trinajstić information content (AvgIpc) is 2.53. The molecule has 0 fully saturated rings. The number of halogens is 1. The Morgan fingerprint density at radius 2 is 1.90 bits per heavy atom. The van der Waals surface area contributed by atoms with Crippen molar-refractivity contribution in [3.8, 4) is 0 Å². The topological polar surface area (TPSA) is 26.3 Å². The van der Waals surface area contributed by atoms with Crippen molar-refractivity contribution in [3.05, 3.63) is 68.8 Å². The molecule has 1 atom stereocenters. The zero-order valence-corrected chi connectivity index (χ0v) is 13.9. The third-order valence-corrected chi connectivity index (χ3v) is 4.62. The third-order valence-electron chi connectivity index (χ3n) is 3.90. The number of ketones is 1. The van der Waals surface area contributed by atoms with Crippen LogP contribution in [0.1, 0.15) is 40.4 Å². The van der Waals surface area contributed by atoms with Crippen LogP contribution in [0.3, 0.4) is 0 Å². The minimum atomic E-state index is 0.0504. The average molecular weight is 392 g/mol. The van der Waals surface area contributed by atoms with Crippen LogP contribution in [0.2, 0.25) is 0 Å². The van der Waals surface area contributed by atoms with Crippen LogP contribution in [0, 0.1) is 3.57 Å². The van der Waals surface area contributed by atoms with Crippen molar-refractivity contribution in [3.63, 3.8) is 0 Å². The van der Waals surface area contributed by atoms with Crippen molar-refractivity contribution >= 4 is 28.4 Å². The lowest BCUT2D eigenvalue weighted by Crippen LogP contribution is -2.17. The lowest BCUT2D eigenvalue weighted by Gasteiger charge is -2.25. The van der Waals surface area contributed by atoms with Gasteiger partial charge in [0.25, 0.3) is 0 Å². The number of hydrogen-bond acceptors (Lipinski definition) is 2. The van der Waals surface area contributed by atoms with Gasteiger partial charge in [-0.2, -0.15) is 0 Å². The molecule has 0 saturated carbocycles. The zero-order chi connectivity index (χ0) is 14.7. The van der Waals surface area contributed by atoms with Crippen molar-refractivity contribution in [2.75, 3.05) is 6.61 Å². The maximum atomic E-state index is 12.2. The van der Waals surface area contributed by atoms with Gasteiger partial charge in [-0.1, -0.05) is 36.4 Å². The smallest absolute Gasteiger partial charge is 0.188 e. The SMILES string of the molecule is O=C(COC1CCCc2ccccc21)c1ccc(I)cc1. The van der Waals surface area contributed by atoms with Gasteiger partial charge in [0, 0.05) is 9.13 Å². The molecule has 0 aliphatic heterocycles. The molecule has 0 amide bonds. The fraction of sp³-hybridized carbons (Fsp3) is 0.278. The standard InChI is InChI=1S/C18H17IO2/c19-15-10-8-14(9-11-15)17(20)12-21-18-7-3-5-13-4-1-2-6-16(13)18/h1-2,4,6,8-11,18H,3,5,7,12H2. The molecule has 0 bridgehead atoms. The first kappa shape index (κ1) is 14.7. The first-order valence-electron chi connectivity index (χ1n) is 7.22. The minimum absolute atomic E-state index is 0.0504. The van der Waals surface area contributed by atoms with Gasteiger partial charge in [0.1, 0.15) is 6.61 Å². The van der Waals surface area contributed by atoms with Crippen molar-refractivity contribution in [2.24, 2.45) is 0 Å². The molecule has 1 aliphatic rings. The maximum absolute atomic E-state index is 12.2. The van der Waals surface area contributed by atoms with E-state index in [2.05, 4.69) is 40.8 Å². The lowest BCUT2D eigenvalue weighted by atomic mass is 9.89.